The topological polar surface area (TPSA) is 77.8 Å². The van der Waals surface area contributed by atoms with E-state index in [2.05, 4.69) is 0 Å². The predicted octanol–water partition coefficient (Wildman–Crippen LogP) is 1.26. The predicted molar refractivity (Wildman–Crippen MR) is 52.3 cm³/mol. The molecule has 5 nitrogen and oxygen atoms in total. The van der Waals surface area contributed by atoms with E-state index in [0.29, 0.717) is 17.4 Å². The van der Waals surface area contributed by atoms with E-state index < -0.39 is 12.0 Å². The molecule has 0 radical (unpaired) electrons. The molecule has 1 rings (SSSR count). The highest BCUT2D eigenvalue weighted by molar-refractivity contribution is 5.68. The molecule has 1 atom stereocenters. The number of rotatable bonds is 6. The summed E-state index contributed by atoms with van der Waals surface area (Å²) in [5.41, 5.74) is 0. The number of amides is 1. The summed E-state index contributed by atoms with van der Waals surface area (Å²) in [5, 5.41) is 18.4. The van der Waals surface area contributed by atoms with Crippen LogP contribution >= 0.6 is 0 Å². The van der Waals surface area contributed by atoms with Crippen molar-refractivity contribution in [2.75, 3.05) is 0 Å². The number of aliphatic carboxylic acids is 1. The number of carbonyl (C=O) groups excluding carboxylic acids is 1. The maximum absolute atomic E-state index is 10.6. The Kier molecular flexibility index (Phi) is 4.55. The van der Waals surface area contributed by atoms with E-state index in [1.807, 2.05) is 0 Å². The first-order valence-electron chi connectivity index (χ1n) is 5.27. The highest BCUT2D eigenvalue weighted by Crippen LogP contribution is 2.30. The molecule has 1 aliphatic rings. The Morgan fingerprint density at radius 2 is 2.07 bits per heavy atom. The van der Waals surface area contributed by atoms with Gasteiger partial charge in [0.1, 0.15) is 0 Å². The van der Waals surface area contributed by atoms with Crippen molar-refractivity contribution < 1.29 is 19.9 Å². The summed E-state index contributed by atoms with van der Waals surface area (Å²) in [4.78, 5) is 20.9. The van der Waals surface area contributed by atoms with Gasteiger partial charge in [-0.15, -0.1) is 0 Å². The van der Waals surface area contributed by atoms with Crippen LogP contribution in [-0.2, 0) is 9.59 Å². The van der Waals surface area contributed by atoms with Gasteiger partial charge in [-0.2, -0.15) is 0 Å². The Hall–Kier alpha value is -1.10. The number of nitrogens with zero attached hydrogens (tertiary/aromatic N) is 1. The monoisotopic (exact) mass is 215 g/mol. The van der Waals surface area contributed by atoms with Gasteiger partial charge in [-0.3, -0.25) is 14.8 Å². The van der Waals surface area contributed by atoms with Gasteiger partial charge in [0.2, 0.25) is 6.41 Å². The average Bonchev–Trinajstić information content (AvgIpc) is 2.67. The number of hydrogen-bond donors (Lipinski definition) is 2. The van der Waals surface area contributed by atoms with Crippen molar-refractivity contribution in [2.24, 2.45) is 5.92 Å². The molecule has 2 N–H and O–H groups in total. The van der Waals surface area contributed by atoms with E-state index in [1.165, 1.54) is 0 Å². The molecule has 0 saturated heterocycles. The highest BCUT2D eigenvalue weighted by atomic mass is 16.5. The van der Waals surface area contributed by atoms with Gasteiger partial charge in [0.05, 0.1) is 12.5 Å². The van der Waals surface area contributed by atoms with Gasteiger partial charge in [0.15, 0.2) is 0 Å². The molecule has 15 heavy (non-hydrogen) atoms. The number of hydroxylamine groups is 2. The van der Waals surface area contributed by atoms with Crippen LogP contribution in [0.1, 0.15) is 38.5 Å². The maximum Gasteiger partial charge on any atom is 0.305 e. The lowest BCUT2D eigenvalue weighted by molar-refractivity contribution is -0.166. The molecule has 0 bridgehead atoms. The van der Waals surface area contributed by atoms with Gasteiger partial charge < -0.3 is 5.11 Å². The zero-order chi connectivity index (χ0) is 11.3. The van der Waals surface area contributed by atoms with E-state index in [1.54, 1.807) is 0 Å². The third-order valence-corrected chi connectivity index (χ3v) is 2.97. The van der Waals surface area contributed by atoms with Crippen molar-refractivity contribution in [3.63, 3.8) is 0 Å². The third-order valence-electron chi connectivity index (χ3n) is 2.97. The Morgan fingerprint density at radius 3 is 2.53 bits per heavy atom. The summed E-state index contributed by atoms with van der Waals surface area (Å²) in [6.07, 6.45) is 5.15. The smallest absolute Gasteiger partial charge is 0.305 e. The van der Waals surface area contributed by atoms with Gasteiger partial charge in [-0.05, 0) is 12.3 Å². The Morgan fingerprint density at radius 1 is 1.47 bits per heavy atom. The van der Waals surface area contributed by atoms with Gasteiger partial charge in [0.25, 0.3) is 0 Å². The number of carboxylic acid groups (broad SMARTS) is 1. The summed E-state index contributed by atoms with van der Waals surface area (Å²) in [5.74, 6) is -0.539. The Bertz CT molecular complexity index is 225. The fourth-order valence-electron chi connectivity index (χ4n) is 2.20. The molecule has 86 valence electrons. The van der Waals surface area contributed by atoms with Crippen LogP contribution in [0.4, 0.5) is 0 Å². The van der Waals surface area contributed by atoms with E-state index in [4.69, 9.17) is 5.11 Å². The molecule has 1 fully saturated rings. The standard InChI is InChI=1S/C10H17NO4/c12-7-11(15)9(6-10(13)14)5-8-3-1-2-4-8/h7-9,15H,1-6H2,(H,13,14). The number of hydrogen-bond acceptors (Lipinski definition) is 3. The number of carboxylic acids is 1. The minimum Gasteiger partial charge on any atom is -0.481 e. The van der Waals surface area contributed by atoms with Crippen LogP contribution < -0.4 is 0 Å². The summed E-state index contributed by atoms with van der Waals surface area (Å²) in [6, 6.07) is -0.580. The lowest BCUT2D eigenvalue weighted by Crippen LogP contribution is -2.34. The minimum atomic E-state index is -0.987. The first-order chi connectivity index (χ1) is 7.13. The van der Waals surface area contributed by atoms with E-state index in [9.17, 15) is 14.8 Å². The first-order valence-corrected chi connectivity index (χ1v) is 5.27. The fraction of sp³-hybridized carbons (Fsp3) is 0.800. The quantitative estimate of drug-likeness (QED) is 0.397. The molecular formula is C10H17NO4. The third kappa shape index (κ3) is 3.87. The molecule has 0 aromatic carbocycles. The van der Waals surface area contributed by atoms with Crippen molar-refractivity contribution in [2.45, 2.75) is 44.6 Å². The van der Waals surface area contributed by atoms with Gasteiger partial charge in [0, 0.05) is 0 Å². The molecule has 1 amide bonds. The van der Waals surface area contributed by atoms with Gasteiger partial charge in [-0.25, -0.2) is 5.06 Å². The second-order valence-corrected chi connectivity index (χ2v) is 4.12. The fourth-order valence-corrected chi connectivity index (χ4v) is 2.20. The van der Waals surface area contributed by atoms with Gasteiger partial charge in [-0.1, -0.05) is 25.7 Å². The summed E-state index contributed by atoms with van der Waals surface area (Å²) >= 11 is 0. The Labute approximate surface area is 88.6 Å². The first kappa shape index (κ1) is 12.0. The molecule has 0 aliphatic heterocycles. The number of carbonyl (C=O) groups is 2. The lowest BCUT2D eigenvalue weighted by Gasteiger charge is -2.23. The van der Waals surface area contributed by atoms with Crippen molar-refractivity contribution in [1.29, 1.82) is 0 Å². The van der Waals surface area contributed by atoms with Crippen LogP contribution in [0.3, 0.4) is 0 Å². The molecule has 5 heteroatoms. The van der Waals surface area contributed by atoms with Crippen LogP contribution in [0, 0.1) is 5.92 Å². The molecule has 0 aromatic rings. The van der Waals surface area contributed by atoms with Crippen molar-refractivity contribution in [1.82, 2.24) is 5.06 Å². The molecule has 0 spiro atoms. The van der Waals surface area contributed by atoms with Crippen LogP contribution in [0.5, 0.6) is 0 Å². The van der Waals surface area contributed by atoms with E-state index in [-0.39, 0.29) is 12.8 Å². The highest BCUT2D eigenvalue weighted by Gasteiger charge is 2.25. The molecule has 0 aromatic heterocycles. The van der Waals surface area contributed by atoms with Crippen LogP contribution in [0.15, 0.2) is 0 Å². The maximum atomic E-state index is 10.6. The minimum absolute atomic E-state index is 0.189. The largest absolute Gasteiger partial charge is 0.481 e. The molecule has 1 saturated carbocycles. The summed E-state index contributed by atoms with van der Waals surface area (Å²) in [6.45, 7) is 0. The van der Waals surface area contributed by atoms with Crippen molar-refractivity contribution in [3.8, 4) is 0 Å². The molecule has 1 aliphatic carbocycles. The second kappa shape index (κ2) is 5.70. The van der Waals surface area contributed by atoms with Crippen LogP contribution in [-0.4, -0.2) is 33.8 Å². The van der Waals surface area contributed by atoms with Crippen molar-refractivity contribution >= 4 is 12.4 Å². The van der Waals surface area contributed by atoms with E-state index in [0.717, 1.165) is 25.7 Å². The summed E-state index contributed by atoms with van der Waals surface area (Å²) in [7, 11) is 0. The Balaban J connectivity index is 2.46. The van der Waals surface area contributed by atoms with E-state index >= 15 is 0 Å². The molecule has 0 heterocycles. The summed E-state index contributed by atoms with van der Waals surface area (Å²) < 4.78 is 0. The normalized spacial score (nSPS) is 18.7. The zero-order valence-corrected chi connectivity index (χ0v) is 8.63. The van der Waals surface area contributed by atoms with Crippen molar-refractivity contribution in [3.05, 3.63) is 0 Å². The average molecular weight is 215 g/mol. The molecular weight excluding hydrogens is 198 g/mol. The van der Waals surface area contributed by atoms with Gasteiger partial charge >= 0.3 is 5.97 Å². The second-order valence-electron chi connectivity index (χ2n) is 4.12. The molecule has 1 unspecified atom stereocenters. The lowest BCUT2D eigenvalue weighted by atomic mass is 9.96. The SMILES string of the molecule is O=CN(O)C(CC(=O)O)CC1CCCC1. The van der Waals surface area contributed by atoms with Crippen LogP contribution in [0.2, 0.25) is 0 Å². The van der Waals surface area contributed by atoms with Crippen LogP contribution in [0.25, 0.3) is 0 Å². The zero-order valence-electron chi connectivity index (χ0n) is 8.63.